The number of aliphatic carboxylic acids is 1. The maximum Gasteiger partial charge on any atom is 0.326 e. The standard InChI is InChI=1S/C20H28N2O4/c23-19(21-18(20(24)25)14-15-4-2-1-3-5-15)16-6-10-22(11-7-16)17-8-12-26-13-9-17/h1-5,16-18H,6-14H2,(H,21,23)(H,24,25)/t18-/m1/s1. The lowest BCUT2D eigenvalue weighted by atomic mass is 9.93. The fourth-order valence-corrected chi connectivity index (χ4v) is 3.92. The molecule has 26 heavy (non-hydrogen) atoms. The number of rotatable bonds is 6. The molecule has 0 bridgehead atoms. The Kier molecular flexibility index (Phi) is 6.63. The number of nitrogens with one attached hydrogen (secondary N) is 1. The van der Waals surface area contributed by atoms with Crippen LogP contribution in [0.15, 0.2) is 30.3 Å². The van der Waals surface area contributed by atoms with Gasteiger partial charge in [0.1, 0.15) is 6.04 Å². The molecule has 6 heteroatoms. The summed E-state index contributed by atoms with van der Waals surface area (Å²) >= 11 is 0. The van der Waals surface area contributed by atoms with Crippen molar-refractivity contribution in [2.75, 3.05) is 26.3 Å². The largest absolute Gasteiger partial charge is 0.480 e. The Bertz CT molecular complexity index is 593. The number of hydrogen-bond donors (Lipinski definition) is 2. The monoisotopic (exact) mass is 360 g/mol. The molecule has 2 fully saturated rings. The second-order valence-corrected chi connectivity index (χ2v) is 7.24. The van der Waals surface area contributed by atoms with Crippen molar-refractivity contribution in [2.24, 2.45) is 5.92 Å². The summed E-state index contributed by atoms with van der Waals surface area (Å²) in [5.74, 6) is -1.20. The summed E-state index contributed by atoms with van der Waals surface area (Å²) in [6.07, 6.45) is 4.02. The topological polar surface area (TPSA) is 78.9 Å². The van der Waals surface area contributed by atoms with Gasteiger partial charge in [-0.15, -0.1) is 0 Å². The van der Waals surface area contributed by atoms with E-state index in [0.717, 1.165) is 57.6 Å². The Labute approximate surface area is 154 Å². The van der Waals surface area contributed by atoms with E-state index in [1.54, 1.807) is 0 Å². The zero-order valence-electron chi connectivity index (χ0n) is 15.1. The number of carboxylic acids is 1. The molecule has 0 spiro atoms. The maximum absolute atomic E-state index is 12.6. The van der Waals surface area contributed by atoms with Crippen LogP contribution in [-0.2, 0) is 20.7 Å². The quantitative estimate of drug-likeness (QED) is 0.807. The Morgan fingerprint density at radius 3 is 2.38 bits per heavy atom. The minimum Gasteiger partial charge on any atom is -0.480 e. The molecule has 3 rings (SSSR count). The minimum atomic E-state index is -0.984. The molecule has 1 atom stereocenters. The summed E-state index contributed by atoms with van der Waals surface area (Å²) in [6, 6.07) is 9.10. The molecule has 0 aromatic heterocycles. The van der Waals surface area contributed by atoms with E-state index in [1.165, 1.54) is 0 Å². The van der Waals surface area contributed by atoms with Crippen LogP contribution in [0, 0.1) is 5.92 Å². The third kappa shape index (κ3) is 5.05. The van der Waals surface area contributed by atoms with E-state index in [2.05, 4.69) is 10.2 Å². The van der Waals surface area contributed by atoms with Gasteiger partial charge >= 0.3 is 5.97 Å². The molecule has 0 radical (unpaired) electrons. The van der Waals surface area contributed by atoms with Crippen molar-refractivity contribution >= 4 is 11.9 Å². The van der Waals surface area contributed by atoms with Crippen molar-refractivity contribution in [1.29, 1.82) is 0 Å². The highest BCUT2D eigenvalue weighted by atomic mass is 16.5. The highest BCUT2D eigenvalue weighted by Crippen LogP contribution is 2.23. The predicted molar refractivity (Wildman–Crippen MR) is 97.9 cm³/mol. The van der Waals surface area contributed by atoms with Gasteiger partial charge in [-0.25, -0.2) is 4.79 Å². The number of amides is 1. The molecule has 1 aromatic carbocycles. The van der Waals surface area contributed by atoms with Crippen LogP contribution in [0.25, 0.3) is 0 Å². The Morgan fingerprint density at radius 1 is 1.12 bits per heavy atom. The number of benzene rings is 1. The van der Waals surface area contributed by atoms with Crippen molar-refractivity contribution in [3.05, 3.63) is 35.9 Å². The summed E-state index contributed by atoms with van der Waals surface area (Å²) in [6.45, 7) is 3.45. The summed E-state index contributed by atoms with van der Waals surface area (Å²) in [7, 11) is 0. The van der Waals surface area contributed by atoms with E-state index < -0.39 is 12.0 Å². The first-order valence-corrected chi connectivity index (χ1v) is 9.52. The third-order valence-electron chi connectivity index (χ3n) is 5.50. The lowest BCUT2D eigenvalue weighted by Gasteiger charge is -2.39. The van der Waals surface area contributed by atoms with Crippen LogP contribution < -0.4 is 5.32 Å². The molecule has 6 nitrogen and oxygen atoms in total. The Balaban J connectivity index is 1.49. The summed E-state index contributed by atoms with van der Waals surface area (Å²) in [5, 5.41) is 12.2. The van der Waals surface area contributed by atoms with Gasteiger partial charge in [0.15, 0.2) is 0 Å². The number of piperidine rings is 1. The average Bonchev–Trinajstić information content (AvgIpc) is 2.69. The summed E-state index contributed by atoms with van der Waals surface area (Å²) in [5.41, 5.74) is 0.912. The van der Waals surface area contributed by atoms with Gasteiger partial charge < -0.3 is 20.1 Å². The number of nitrogens with zero attached hydrogens (tertiary/aromatic N) is 1. The summed E-state index contributed by atoms with van der Waals surface area (Å²) in [4.78, 5) is 26.6. The maximum atomic E-state index is 12.6. The van der Waals surface area contributed by atoms with Crippen LogP contribution >= 0.6 is 0 Å². The van der Waals surface area contributed by atoms with Crippen LogP contribution in [0.4, 0.5) is 0 Å². The van der Waals surface area contributed by atoms with Crippen molar-refractivity contribution < 1.29 is 19.4 Å². The Morgan fingerprint density at radius 2 is 1.77 bits per heavy atom. The van der Waals surface area contributed by atoms with E-state index in [0.29, 0.717) is 12.5 Å². The predicted octanol–water partition coefficient (Wildman–Crippen LogP) is 1.69. The van der Waals surface area contributed by atoms with Gasteiger partial charge in [0.2, 0.25) is 5.91 Å². The van der Waals surface area contributed by atoms with Crippen LogP contribution in [0.3, 0.4) is 0 Å². The van der Waals surface area contributed by atoms with Crippen molar-refractivity contribution in [2.45, 2.75) is 44.2 Å². The van der Waals surface area contributed by atoms with Gasteiger partial charge in [-0.05, 0) is 44.3 Å². The molecule has 0 aliphatic carbocycles. The second-order valence-electron chi connectivity index (χ2n) is 7.24. The van der Waals surface area contributed by atoms with Gasteiger partial charge in [0, 0.05) is 31.6 Å². The number of likely N-dealkylation sites (tertiary alicyclic amines) is 1. The molecule has 2 N–H and O–H groups in total. The van der Waals surface area contributed by atoms with Crippen LogP contribution in [-0.4, -0.2) is 60.3 Å². The third-order valence-corrected chi connectivity index (χ3v) is 5.50. The van der Waals surface area contributed by atoms with E-state index in [-0.39, 0.29) is 11.8 Å². The van der Waals surface area contributed by atoms with Gasteiger partial charge in [-0.3, -0.25) is 4.79 Å². The van der Waals surface area contributed by atoms with E-state index in [9.17, 15) is 14.7 Å². The van der Waals surface area contributed by atoms with Crippen LogP contribution in [0.1, 0.15) is 31.2 Å². The fourth-order valence-electron chi connectivity index (χ4n) is 3.92. The zero-order chi connectivity index (χ0) is 18.4. The van der Waals surface area contributed by atoms with Crippen molar-refractivity contribution in [3.63, 3.8) is 0 Å². The fraction of sp³-hybridized carbons (Fsp3) is 0.600. The molecule has 2 aliphatic heterocycles. The van der Waals surface area contributed by atoms with Gasteiger partial charge in [-0.1, -0.05) is 30.3 Å². The van der Waals surface area contributed by atoms with Gasteiger partial charge in [-0.2, -0.15) is 0 Å². The average molecular weight is 360 g/mol. The first kappa shape index (κ1) is 18.9. The number of carboxylic acid groups (broad SMARTS) is 1. The number of carbonyl (C=O) groups is 2. The second kappa shape index (κ2) is 9.14. The molecule has 2 saturated heterocycles. The first-order chi connectivity index (χ1) is 12.6. The molecule has 2 aliphatic rings. The molecular formula is C20H28N2O4. The molecule has 0 saturated carbocycles. The van der Waals surface area contributed by atoms with Gasteiger partial charge in [0.05, 0.1) is 0 Å². The smallest absolute Gasteiger partial charge is 0.326 e. The number of hydrogen-bond acceptors (Lipinski definition) is 4. The SMILES string of the molecule is O=C(N[C@H](Cc1ccccc1)C(=O)O)C1CCN(C2CCOCC2)CC1. The molecule has 142 valence electrons. The number of carbonyl (C=O) groups excluding carboxylic acids is 1. The van der Waals surface area contributed by atoms with E-state index in [1.807, 2.05) is 30.3 Å². The molecule has 1 amide bonds. The van der Waals surface area contributed by atoms with Crippen LogP contribution in [0.5, 0.6) is 0 Å². The molecule has 0 unspecified atom stereocenters. The zero-order valence-corrected chi connectivity index (χ0v) is 15.1. The normalized spacial score (nSPS) is 21.2. The lowest BCUT2D eigenvalue weighted by Crippen LogP contribution is -2.49. The lowest BCUT2D eigenvalue weighted by molar-refractivity contribution is -0.142. The van der Waals surface area contributed by atoms with E-state index in [4.69, 9.17) is 4.74 Å². The highest BCUT2D eigenvalue weighted by Gasteiger charge is 2.31. The Hall–Kier alpha value is -1.92. The van der Waals surface area contributed by atoms with Crippen molar-refractivity contribution in [3.8, 4) is 0 Å². The highest BCUT2D eigenvalue weighted by molar-refractivity contribution is 5.85. The summed E-state index contributed by atoms with van der Waals surface area (Å²) < 4.78 is 5.42. The van der Waals surface area contributed by atoms with E-state index >= 15 is 0 Å². The molecular weight excluding hydrogens is 332 g/mol. The van der Waals surface area contributed by atoms with Crippen molar-refractivity contribution in [1.82, 2.24) is 10.2 Å². The van der Waals surface area contributed by atoms with Crippen LogP contribution in [0.2, 0.25) is 0 Å². The number of ether oxygens (including phenoxy) is 1. The molecule has 2 heterocycles. The van der Waals surface area contributed by atoms with Gasteiger partial charge in [0.25, 0.3) is 0 Å². The molecule has 1 aromatic rings. The minimum absolute atomic E-state index is 0.0938. The first-order valence-electron chi connectivity index (χ1n) is 9.52.